The number of amides is 1. The van der Waals surface area contributed by atoms with Crippen LogP contribution in [0.2, 0.25) is 0 Å². The Morgan fingerprint density at radius 1 is 1.15 bits per heavy atom. The molecule has 7 nitrogen and oxygen atoms in total. The minimum atomic E-state index is -0.495. The van der Waals surface area contributed by atoms with E-state index in [2.05, 4.69) is 19.8 Å². The number of carbonyl (C=O) groups excluding carboxylic acids is 1. The lowest BCUT2D eigenvalue weighted by Gasteiger charge is -2.37. The van der Waals surface area contributed by atoms with E-state index in [4.69, 9.17) is 11.5 Å². The van der Waals surface area contributed by atoms with Gasteiger partial charge in [0.05, 0.1) is 22.3 Å². The van der Waals surface area contributed by atoms with Crippen molar-refractivity contribution >= 4 is 44.5 Å². The number of fused-ring (bicyclic) bond motifs is 1. The largest absolute Gasteiger partial charge is 0.397 e. The van der Waals surface area contributed by atoms with Gasteiger partial charge in [-0.25, -0.2) is 4.98 Å². The van der Waals surface area contributed by atoms with Crippen molar-refractivity contribution in [2.45, 2.75) is 6.92 Å². The van der Waals surface area contributed by atoms with Crippen LogP contribution in [0.4, 0.5) is 17.2 Å². The predicted octanol–water partition coefficient (Wildman–Crippen LogP) is 2.01. The Bertz CT molecular complexity index is 977. The first-order valence-electron chi connectivity index (χ1n) is 8.44. The Hall–Kier alpha value is -2.87. The Balaban J connectivity index is 1.61. The lowest BCUT2D eigenvalue weighted by Crippen LogP contribution is -2.47. The number of hydrogen-bond donors (Lipinski definition) is 2. The van der Waals surface area contributed by atoms with Gasteiger partial charge < -0.3 is 21.3 Å². The van der Waals surface area contributed by atoms with Gasteiger partial charge in [-0.3, -0.25) is 9.78 Å². The summed E-state index contributed by atoms with van der Waals surface area (Å²) >= 11 is 1.30. The summed E-state index contributed by atoms with van der Waals surface area (Å²) in [5, 5.41) is 0.876. The van der Waals surface area contributed by atoms with Gasteiger partial charge in [0, 0.05) is 43.5 Å². The van der Waals surface area contributed by atoms with E-state index in [1.165, 1.54) is 11.3 Å². The molecule has 0 spiro atoms. The molecule has 4 heterocycles. The molecule has 8 heteroatoms. The van der Waals surface area contributed by atoms with Crippen LogP contribution in [0.3, 0.4) is 0 Å². The number of piperazine rings is 1. The van der Waals surface area contributed by atoms with E-state index in [9.17, 15) is 4.79 Å². The number of hydrogen-bond acceptors (Lipinski definition) is 7. The first kappa shape index (κ1) is 16.6. The number of carbonyl (C=O) groups is 1. The number of aromatic nitrogens is 2. The summed E-state index contributed by atoms with van der Waals surface area (Å²) in [6.07, 6.45) is 3.55. The van der Waals surface area contributed by atoms with Crippen LogP contribution in [-0.2, 0) is 0 Å². The number of primary amides is 1. The average Bonchev–Trinajstić information content (AvgIpc) is 2.99. The zero-order valence-electron chi connectivity index (χ0n) is 14.5. The van der Waals surface area contributed by atoms with Crippen LogP contribution in [0.1, 0.15) is 15.4 Å². The van der Waals surface area contributed by atoms with Crippen molar-refractivity contribution in [1.82, 2.24) is 9.97 Å². The fourth-order valence-corrected chi connectivity index (χ4v) is 4.32. The number of thiophene rings is 1. The van der Waals surface area contributed by atoms with Crippen molar-refractivity contribution in [3.05, 3.63) is 41.2 Å². The number of aryl methyl sites for hydroxylation is 1. The zero-order valence-corrected chi connectivity index (χ0v) is 15.3. The molecule has 134 valence electrons. The van der Waals surface area contributed by atoms with Gasteiger partial charge in [0.2, 0.25) is 0 Å². The predicted molar refractivity (Wildman–Crippen MR) is 106 cm³/mol. The third-order valence-electron chi connectivity index (χ3n) is 4.66. The highest BCUT2D eigenvalue weighted by Gasteiger charge is 2.23. The highest BCUT2D eigenvalue weighted by molar-refractivity contribution is 7.21. The molecule has 0 atom stereocenters. The van der Waals surface area contributed by atoms with Gasteiger partial charge in [-0.05, 0) is 19.1 Å². The van der Waals surface area contributed by atoms with Crippen LogP contribution < -0.4 is 21.3 Å². The maximum atomic E-state index is 11.6. The van der Waals surface area contributed by atoms with Crippen LogP contribution in [0.25, 0.3) is 10.1 Å². The number of pyridine rings is 2. The van der Waals surface area contributed by atoms with E-state index in [0.29, 0.717) is 10.6 Å². The summed E-state index contributed by atoms with van der Waals surface area (Å²) in [5.41, 5.74) is 14.1. The monoisotopic (exact) mass is 368 g/mol. The van der Waals surface area contributed by atoms with E-state index in [0.717, 1.165) is 53.5 Å². The van der Waals surface area contributed by atoms with Gasteiger partial charge in [0.15, 0.2) is 0 Å². The first-order chi connectivity index (χ1) is 12.5. The van der Waals surface area contributed by atoms with E-state index >= 15 is 0 Å². The summed E-state index contributed by atoms with van der Waals surface area (Å²) in [4.78, 5) is 25.5. The topological polar surface area (TPSA) is 101 Å². The minimum Gasteiger partial charge on any atom is -0.397 e. The quantitative estimate of drug-likeness (QED) is 0.733. The van der Waals surface area contributed by atoms with Gasteiger partial charge in [-0.15, -0.1) is 11.3 Å². The molecule has 1 saturated heterocycles. The maximum absolute atomic E-state index is 11.6. The second-order valence-corrected chi connectivity index (χ2v) is 7.40. The Labute approximate surface area is 155 Å². The minimum absolute atomic E-state index is 0.400. The first-order valence-corrected chi connectivity index (χ1v) is 9.25. The number of anilines is 3. The molecule has 0 aliphatic carbocycles. The molecule has 3 aromatic rings. The van der Waals surface area contributed by atoms with E-state index in [1.807, 2.05) is 31.3 Å². The van der Waals surface area contributed by atoms with Gasteiger partial charge in [0.1, 0.15) is 10.7 Å². The van der Waals surface area contributed by atoms with Crippen LogP contribution in [-0.4, -0.2) is 42.1 Å². The third kappa shape index (κ3) is 2.82. The molecule has 1 aliphatic rings. The summed E-state index contributed by atoms with van der Waals surface area (Å²) < 4.78 is 0.886. The standard InChI is InChI=1S/C18H20N6OS/c1-11-3-2-4-14(22-11)24-7-5-23(6-8-24)12-9-21-10-13-15(12)16(19)17(26-13)18(20)25/h2-4,9-10H,5-8,19H2,1H3,(H2,20,25). The molecular formula is C18H20N6OS. The molecule has 4 N–H and O–H groups in total. The molecule has 1 fully saturated rings. The second kappa shape index (κ2) is 6.45. The summed E-state index contributed by atoms with van der Waals surface area (Å²) in [6.45, 7) is 5.39. The molecular weight excluding hydrogens is 348 g/mol. The number of nitrogen functional groups attached to an aromatic ring is 1. The smallest absolute Gasteiger partial charge is 0.260 e. The average molecular weight is 368 g/mol. The molecule has 0 saturated carbocycles. The summed E-state index contributed by atoms with van der Waals surface area (Å²) in [6, 6.07) is 6.08. The fraction of sp³-hybridized carbons (Fsp3) is 0.278. The highest BCUT2D eigenvalue weighted by Crippen LogP contribution is 2.39. The van der Waals surface area contributed by atoms with Gasteiger partial charge in [0.25, 0.3) is 5.91 Å². The Morgan fingerprint density at radius 3 is 2.58 bits per heavy atom. The molecule has 4 rings (SSSR count). The molecule has 0 bridgehead atoms. The van der Waals surface area contributed by atoms with Crippen molar-refractivity contribution in [3.8, 4) is 0 Å². The third-order valence-corrected chi connectivity index (χ3v) is 5.81. The SMILES string of the molecule is Cc1cccc(N2CCN(c3cncc4sc(C(N)=O)c(N)c34)CC2)n1. The highest BCUT2D eigenvalue weighted by atomic mass is 32.1. The van der Waals surface area contributed by atoms with Gasteiger partial charge in [-0.2, -0.15) is 0 Å². The number of nitrogens with zero attached hydrogens (tertiary/aromatic N) is 4. The number of rotatable bonds is 3. The number of nitrogens with two attached hydrogens (primary N) is 2. The molecule has 1 aliphatic heterocycles. The molecule has 0 unspecified atom stereocenters. The van der Waals surface area contributed by atoms with Gasteiger partial charge >= 0.3 is 0 Å². The lowest BCUT2D eigenvalue weighted by molar-refractivity contribution is 0.100. The molecule has 3 aromatic heterocycles. The van der Waals surface area contributed by atoms with E-state index < -0.39 is 5.91 Å². The van der Waals surface area contributed by atoms with Crippen LogP contribution in [0.5, 0.6) is 0 Å². The van der Waals surface area contributed by atoms with Crippen molar-refractivity contribution in [1.29, 1.82) is 0 Å². The van der Waals surface area contributed by atoms with Crippen molar-refractivity contribution in [3.63, 3.8) is 0 Å². The summed E-state index contributed by atoms with van der Waals surface area (Å²) in [7, 11) is 0. The van der Waals surface area contributed by atoms with Crippen LogP contribution >= 0.6 is 11.3 Å². The zero-order chi connectivity index (χ0) is 18.3. The van der Waals surface area contributed by atoms with Gasteiger partial charge in [-0.1, -0.05) is 6.07 Å². The molecule has 1 amide bonds. The van der Waals surface area contributed by atoms with Crippen molar-refractivity contribution < 1.29 is 4.79 Å². The molecule has 0 radical (unpaired) electrons. The lowest BCUT2D eigenvalue weighted by atomic mass is 10.2. The fourth-order valence-electron chi connectivity index (χ4n) is 3.36. The van der Waals surface area contributed by atoms with E-state index in [-0.39, 0.29) is 0 Å². The Morgan fingerprint density at radius 2 is 1.88 bits per heavy atom. The van der Waals surface area contributed by atoms with Crippen molar-refractivity contribution in [2.24, 2.45) is 5.73 Å². The summed E-state index contributed by atoms with van der Waals surface area (Å²) in [5.74, 6) is 0.511. The maximum Gasteiger partial charge on any atom is 0.260 e. The van der Waals surface area contributed by atoms with Crippen LogP contribution in [0.15, 0.2) is 30.6 Å². The van der Waals surface area contributed by atoms with E-state index in [1.54, 1.807) is 6.20 Å². The normalized spacial score (nSPS) is 14.8. The van der Waals surface area contributed by atoms with Crippen molar-refractivity contribution in [2.75, 3.05) is 41.7 Å². The molecule has 0 aromatic carbocycles. The van der Waals surface area contributed by atoms with Crippen LogP contribution in [0, 0.1) is 6.92 Å². The molecule has 26 heavy (non-hydrogen) atoms. The second-order valence-electron chi connectivity index (χ2n) is 6.35. The Kier molecular flexibility index (Phi) is 4.12.